The molecule has 3 aromatic rings. The van der Waals surface area contributed by atoms with Gasteiger partial charge in [0.05, 0.1) is 5.69 Å². The van der Waals surface area contributed by atoms with E-state index in [1.807, 2.05) is 54.9 Å². The van der Waals surface area contributed by atoms with Gasteiger partial charge in [-0.25, -0.2) is 9.48 Å². The highest BCUT2D eigenvalue weighted by molar-refractivity contribution is 7.12. The van der Waals surface area contributed by atoms with E-state index >= 15 is 0 Å². The van der Waals surface area contributed by atoms with Crippen molar-refractivity contribution in [2.24, 2.45) is 0 Å². The smallest absolute Gasteiger partial charge is 0.348 e. The summed E-state index contributed by atoms with van der Waals surface area (Å²) in [6, 6.07) is 11.6. The zero-order chi connectivity index (χ0) is 14.7. The van der Waals surface area contributed by atoms with E-state index in [0.29, 0.717) is 4.88 Å². The molecule has 0 fully saturated rings. The molecule has 1 aromatic carbocycles. The van der Waals surface area contributed by atoms with Gasteiger partial charge in [-0.2, -0.15) is 5.10 Å². The maximum Gasteiger partial charge on any atom is 0.348 e. The van der Waals surface area contributed by atoms with Gasteiger partial charge in [-0.1, -0.05) is 12.1 Å². The molecule has 0 aliphatic rings. The Hall–Kier alpha value is -2.40. The van der Waals surface area contributed by atoms with Crippen LogP contribution in [0.4, 0.5) is 0 Å². The van der Waals surface area contributed by atoms with Gasteiger partial charge in [-0.3, -0.25) is 0 Å². The van der Waals surface area contributed by atoms with Gasteiger partial charge in [-0.15, -0.1) is 11.3 Å². The number of rotatable bonds is 4. The van der Waals surface area contributed by atoms with Crippen molar-refractivity contribution >= 4 is 17.3 Å². The Morgan fingerprint density at radius 2 is 2.10 bits per heavy atom. The fourth-order valence-electron chi connectivity index (χ4n) is 1.96. The number of esters is 1. The highest BCUT2D eigenvalue weighted by atomic mass is 32.1. The van der Waals surface area contributed by atoms with E-state index in [1.165, 1.54) is 11.3 Å². The van der Waals surface area contributed by atoms with E-state index in [0.717, 1.165) is 16.8 Å². The van der Waals surface area contributed by atoms with Gasteiger partial charge < -0.3 is 4.74 Å². The quantitative estimate of drug-likeness (QED) is 0.691. The second kappa shape index (κ2) is 5.93. The summed E-state index contributed by atoms with van der Waals surface area (Å²) < 4.78 is 7.12. The van der Waals surface area contributed by atoms with Crippen molar-refractivity contribution in [3.63, 3.8) is 0 Å². The number of hydrogen-bond donors (Lipinski definition) is 0. The van der Waals surface area contributed by atoms with Crippen molar-refractivity contribution in [3.05, 3.63) is 70.2 Å². The van der Waals surface area contributed by atoms with E-state index in [-0.39, 0.29) is 12.6 Å². The summed E-state index contributed by atoms with van der Waals surface area (Å²) in [5.41, 5.74) is 2.89. The van der Waals surface area contributed by atoms with Crippen LogP contribution in [0.25, 0.3) is 5.69 Å². The normalized spacial score (nSPS) is 10.5. The van der Waals surface area contributed by atoms with Crippen molar-refractivity contribution in [1.82, 2.24) is 9.78 Å². The average Bonchev–Trinajstić information content (AvgIpc) is 3.16. The maximum atomic E-state index is 11.9. The number of ether oxygens (including phenoxy) is 1. The molecule has 0 saturated carbocycles. The van der Waals surface area contributed by atoms with Gasteiger partial charge in [0, 0.05) is 12.4 Å². The lowest BCUT2D eigenvalue weighted by molar-refractivity contribution is 0.0478. The van der Waals surface area contributed by atoms with Crippen LogP contribution in [0, 0.1) is 6.92 Å². The van der Waals surface area contributed by atoms with Gasteiger partial charge in [0.2, 0.25) is 0 Å². The standard InChI is InChI=1S/C16H14N2O2S/c1-12-7-10-21-15(12)16(19)20-11-13-3-5-14(6-4-13)18-9-2-8-17-18/h2-10H,11H2,1H3. The molecule has 2 aromatic heterocycles. The molecule has 0 aliphatic carbocycles. The first-order valence-electron chi connectivity index (χ1n) is 6.54. The molecule has 3 rings (SSSR count). The maximum absolute atomic E-state index is 11.9. The number of benzene rings is 1. The minimum Gasteiger partial charge on any atom is -0.457 e. The zero-order valence-electron chi connectivity index (χ0n) is 11.5. The van der Waals surface area contributed by atoms with Crippen LogP contribution in [0.3, 0.4) is 0 Å². The lowest BCUT2D eigenvalue weighted by atomic mass is 10.2. The van der Waals surface area contributed by atoms with E-state index in [9.17, 15) is 4.79 Å². The molecule has 2 heterocycles. The van der Waals surface area contributed by atoms with Gasteiger partial charge >= 0.3 is 5.97 Å². The first kappa shape index (κ1) is 13.6. The van der Waals surface area contributed by atoms with Gasteiger partial charge in [0.1, 0.15) is 11.5 Å². The third kappa shape index (κ3) is 3.03. The summed E-state index contributed by atoms with van der Waals surface area (Å²) >= 11 is 1.41. The molecule has 0 unspecified atom stereocenters. The summed E-state index contributed by atoms with van der Waals surface area (Å²) in [4.78, 5) is 12.6. The Labute approximate surface area is 126 Å². The molecule has 0 aliphatic heterocycles. The molecular weight excluding hydrogens is 284 g/mol. The van der Waals surface area contributed by atoms with Crippen molar-refractivity contribution < 1.29 is 9.53 Å². The van der Waals surface area contributed by atoms with Crippen molar-refractivity contribution in [2.45, 2.75) is 13.5 Å². The summed E-state index contributed by atoms with van der Waals surface area (Å²) in [7, 11) is 0. The number of aromatic nitrogens is 2. The van der Waals surface area contributed by atoms with Crippen LogP contribution in [0.5, 0.6) is 0 Å². The third-order valence-corrected chi connectivity index (χ3v) is 4.12. The molecule has 0 spiro atoms. The van der Waals surface area contributed by atoms with Crippen LogP contribution in [-0.4, -0.2) is 15.7 Å². The summed E-state index contributed by atoms with van der Waals surface area (Å²) in [6.45, 7) is 2.18. The Bertz CT molecular complexity index is 730. The van der Waals surface area contributed by atoms with Crippen molar-refractivity contribution in [2.75, 3.05) is 0 Å². The van der Waals surface area contributed by atoms with E-state index in [1.54, 1.807) is 10.9 Å². The molecular formula is C16H14N2O2S. The van der Waals surface area contributed by atoms with Crippen LogP contribution in [0.15, 0.2) is 54.2 Å². The first-order valence-corrected chi connectivity index (χ1v) is 7.42. The van der Waals surface area contributed by atoms with E-state index < -0.39 is 0 Å². The number of carbonyl (C=O) groups is 1. The van der Waals surface area contributed by atoms with Crippen LogP contribution in [-0.2, 0) is 11.3 Å². The largest absolute Gasteiger partial charge is 0.457 e. The Balaban J connectivity index is 1.64. The Morgan fingerprint density at radius 3 is 2.71 bits per heavy atom. The summed E-state index contributed by atoms with van der Waals surface area (Å²) in [5, 5.41) is 6.06. The average molecular weight is 298 g/mol. The third-order valence-electron chi connectivity index (χ3n) is 3.12. The second-order valence-electron chi connectivity index (χ2n) is 4.63. The fraction of sp³-hybridized carbons (Fsp3) is 0.125. The zero-order valence-corrected chi connectivity index (χ0v) is 12.3. The Kier molecular flexibility index (Phi) is 3.83. The van der Waals surface area contributed by atoms with Crippen molar-refractivity contribution in [3.8, 4) is 5.69 Å². The molecule has 0 N–H and O–H groups in total. The molecule has 106 valence electrons. The Morgan fingerprint density at radius 1 is 1.29 bits per heavy atom. The lowest BCUT2D eigenvalue weighted by Gasteiger charge is -2.06. The fourth-order valence-corrected chi connectivity index (χ4v) is 2.78. The lowest BCUT2D eigenvalue weighted by Crippen LogP contribution is -2.04. The minimum absolute atomic E-state index is 0.265. The van der Waals surface area contributed by atoms with Gasteiger partial charge in [-0.05, 0) is 47.7 Å². The molecule has 0 atom stereocenters. The molecule has 0 amide bonds. The molecule has 4 nitrogen and oxygen atoms in total. The van der Waals surface area contributed by atoms with E-state index in [4.69, 9.17) is 4.74 Å². The second-order valence-corrected chi connectivity index (χ2v) is 5.54. The molecule has 21 heavy (non-hydrogen) atoms. The molecule has 0 bridgehead atoms. The number of thiophene rings is 1. The number of hydrogen-bond acceptors (Lipinski definition) is 4. The minimum atomic E-state index is -0.265. The van der Waals surface area contributed by atoms with Crippen LogP contribution in [0.2, 0.25) is 0 Å². The summed E-state index contributed by atoms with van der Waals surface area (Å²) in [6.07, 6.45) is 3.62. The number of carbonyl (C=O) groups excluding carboxylic acids is 1. The number of nitrogens with zero attached hydrogens (tertiary/aromatic N) is 2. The van der Waals surface area contributed by atoms with Gasteiger partial charge in [0.25, 0.3) is 0 Å². The number of aryl methyl sites for hydroxylation is 1. The van der Waals surface area contributed by atoms with Gasteiger partial charge in [0.15, 0.2) is 0 Å². The topological polar surface area (TPSA) is 44.1 Å². The van der Waals surface area contributed by atoms with Crippen LogP contribution >= 0.6 is 11.3 Å². The highest BCUT2D eigenvalue weighted by Gasteiger charge is 2.11. The first-order chi connectivity index (χ1) is 10.2. The van der Waals surface area contributed by atoms with Crippen molar-refractivity contribution in [1.29, 1.82) is 0 Å². The van der Waals surface area contributed by atoms with Crippen LogP contribution in [0.1, 0.15) is 20.8 Å². The predicted octanol–water partition coefficient (Wildman–Crippen LogP) is 3.60. The van der Waals surface area contributed by atoms with Crippen LogP contribution < -0.4 is 0 Å². The van der Waals surface area contributed by atoms with E-state index in [2.05, 4.69) is 5.10 Å². The molecule has 5 heteroatoms. The molecule has 0 radical (unpaired) electrons. The highest BCUT2D eigenvalue weighted by Crippen LogP contribution is 2.17. The summed E-state index contributed by atoms with van der Waals surface area (Å²) in [5.74, 6) is -0.265. The SMILES string of the molecule is Cc1ccsc1C(=O)OCc1ccc(-n2cccn2)cc1. The monoisotopic (exact) mass is 298 g/mol. The molecule has 0 saturated heterocycles. The predicted molar refractivity (Wildman–Crippen MR) is 81.7 cm³/mol.